The van der Waals surface area contributed by atoms with Crippen LogP contribution in [-0.4, -0.2) is 5.11 Å². The lowest BCUT2D eigenvalue weighted by Gasteiger charge is -2.34. The Hall–Kier alpha value is -0.890. The van der Waals surface area contributed by atoms with E-state index in [-0.39, 0.29) is 11.7 Å². The molecule has 2 rings (SSSR count). The van der Waals surface area contributed by atoms with E-state index in [1.807, 2.05) is 19.9 Å². The van der Waals surface area contributed by atoms with E-state index in [2.05, 4.69) is 13.8 Å². The lowest BCUT2D eigenvalue weighted by molar-refractivity contribution is 0.0636. The van der Waals surface area contributed by atoms with Crippen LogP contribution >= 0.6 is 0 Å². The van der Waals surface area contributed by atoms with Crippen molar-refractivity contribution in [3.05, 3.63) is 34.6 Å². The molecule has 1 aromatic rings. The van der Waals surface area contributed by atoms with Crippen molar-refractivity contribution in [2.75, 3.05) is 0 Å². The van der Waals surface area contributed by atoms with Gasteiger partial charge in [0.05, 0.1) is 6.10 Å². The van der Waals surface area contributed by atoms with Crippen molar-refractivity contribution in [2.45, 2.75) is 59.5 Å². The van der Waals surface area contributed by atoms with Crippen LogP contribution in [0.1, 0.15) is 62.3 Å². The quantitative estimate of drug-likeness (QED) is 0.830. The largest absolute Gasteiger partial charge is 0.388 e. The Kier molecular flexibility index (Phi) is 4.85. The predicted molar refractivity (Wildman–Crippen MR) is 81.1 cm³/mol. The third kappa shape index (κ3) is 3.22. The Morgan fingerprint density at radius 3 is 2.10 bits per heavy atom. The highest BCUT2D eigenvalue weighted by Gasteiger charge is 2.30. The first kappa shape index (κ1) is 15.5. The highest BCUT2D eigenvalue weighted by molar-refractivity contribution is 5.34. The fourth-order valence-electron chi connectivity index (χ4n) is 3.66. The van der Waals surface area contributed by atoms with Crippen LogP contribution in [-0.2, 0) is 0 Å². The summed E-state index contributed by atoms with van der Waals surface area (Å²) in [5.41, 5.74) is 2.31. The van der Waals surface area contributed by atoms with Crippen LogP contribution in [0.5, 0.6) is 0 Å². The third-order valence-corrected chi connectivity index (χ3v) is 4.98. The van der Waals surface area contributed by atoms with E-state index in [9.17, 15) is 9.50 Å². The van der Waals surface area contributed by atoms with Crippen LogP contribution in [0, 0.1) is 37.4 Å². The smallest absolute Gasteiger partial charge is 0.129 e. The summed E-state index contributed by atoms with van der Waals surface area (Å²) in [6.45, 7) is 8.32. The SMILES string of the molecule is Cc1cc(C)c(C(O)C2CCC(C(C)C)CC2)c(F)c1. The van der Waals surface area contributed by atoms with Gasteiger partial charge >= 0.3 is 0 Å². The molecule has 112 valence electrons. The van der Waals surface area contributed by atoms with Gasteiger partial charge in [-0.1, -0.05) is 19.9 Å². The van der Waals surface area contributed by atoms with E-state index in [0.717, 1.165) is 42.7 Å². The zero-order valence-corrected chi connectivity index (χ0v) is 13.1. The molecule has 0 aliphatic heterocycles. The van der Waals surface area contributed by atoms with Crippen molar-refractivity contribution in [2.24, 2.45) is 17.8 Å². The molecule has 1 aliphatic carbocycles. The Morgan fingerprint density at radius 1 is 1.05 bits per heavy atom. The summed E-state index contributed by atoms with van der Waals surface area (Å²) in [6, 6.07) is 3.49. The van der Waals surface area contributed by atoms with Crippen molar-refractivity contribution in [3.63, 3.8) is 0 Å². The summed E-state index contributed by atoms with van der Waals surface area (Å²) < 4.78 is 14.2. The summed E-state index contributed by atoms with van der Waals surface area (Å²) in [4.78, 5) is 0. The lowest BCUT2D eigenvalue weighted by atomic mass is 9.74. The van der Waals surface area contributed by atoms with Crippen LogP contribution in [0.2, 0.25) is 0 Å². The molecule has 0 radical (unpaired) electrons. The molecule has 0 heterocycles. The van der Waals surface area contributed by atoms with Gasteiger partial charge in [0.25, 0.3) is 0 Å². The predicted octanol–water partition coefficient (Wildman–Crippen LogP) is 4.94. The molecular formula is C18H27FO. The van der Waals surface area contributed by atoms with Crippen LogP contribution in [0.4, 0.5) is 4.39 Å². The summed E-state index contributed by atoms with van der Waals surface area (Å²) in [5.74, 6) is 1.44. The van der Waals surface area contributed by atoms with E-state index in [1.54, 1.807) is 0 Å². The lowest BCUT2D eigenvalue weighted by Crippen LogP contribution is -2.24. The second-order valence-corrected chi connectivity index (χ2v) is 6.84. The number of hydrogen-bond donors (Lipinski definition) is 1. The first-order chi connectivity index (χ1) is 9.40. The van der Waals surface area contributed by atoms with Crippen LogP contribution in [0.15, 0.2) is 12.1 Å². The van der Waals surface area contributed by atoms with Crippen molar-refractivity contribution >= 4 is 0 Å². The van der Waals surface area contributed by atoms with Gasteiger partial charge in [-0.15, -0.1) is 0 Å². The van der Waals surface area contributed by atoms with Gasteiger partial charge in [0.15, 0.2) is 0 Å². The molecule has 1 atom stereocenters. The average molecular weight is 278 g/mol. The molecule has 0 aromatic heterocycles. The maximum absolute atomic E-state index is 14.2. The Labute approximate surface area is 122 Å². The Balaban J connectivity index is 2.11. The van der Waals surface area contributed by atoms with Gasteiger partial charge in [-0.05, 0) is 74.5 Å². The number of aliphatic hydroxyl groups is 1. The van der Waals surface area contributed by atoms with E-state index >= 15 is 0 Å². The van der Waals surface area contributed by atoms with E-state index < -0.39 is 6.10 Å². The molecule has 20 heavy (non-hydrogen) atoms. The number of hydrogen-bond acceptors (Lipinski definition) is 1. The highest BCUT2D eigenvalue weighted by atomic mass is 19.1. The third-order valence-electron chi connectivity index (χ3n) is 4.98. The zero-order valence-electron chi connectivity index (χ0n) is 13.1. The van der Waals surface area contributed by atoms with Crippen molar-refractivity contribution in [1.29, 1.82) is 0 Å². The summed E-state index contributed by atoms with van der Waals surface area (Å²) in [5, 5.41) is 10.6. The second-order valence-electron chi connectivity index (χ2n) is 6.84. The molecule has 1 nitrogen and oxygen atoms in total. The maximum atomic E-state index is 14.2. The summed E-state index contributed by atoms with van der Waals surface area (Å²) in [7, 11) is 0. The summed E-state index contributed by atoms with van der Waals surface area (Å²) >= 11 is 0. The number of rotatable bonds is 3. The van der Waals surface area contributed by atoms with Gasteiger partial charge in [0, 0.05) is 5.56 Å². The Bertz CT molecular complexity index is 435. The molecule has 0 bridgehead atoms. The topological polar surface area (TPSA) is 20.2 Å². The van der Waals surface area contributed by atoms with Gasteiger partial charge in [0.2, 0.25) is 0 Å². The molecule has 1 aromatic carbocycles. The van der Waals surface area contributed by atoms with Gasteiger partial charge in [0.1, 0.15) is 5.82 Å². The first-order valence-electron chi connectivity index (χ1n) is 7.84. The number of aliphatic hydroxyl groups excluding tert-OH is 1. The minimum atomic E-state index is -0.649. The number of aryl methyl sites for hydroxylation is 2. The number of halogens is 1. The van der Waals surface area contributed by atoms with Gasteiger partial charge < -0.3 is 5.11 Å². The molecule has 1 N–H and O–H groups in total. The van der Waals surface area contributed by atoms with Crippen LogP contribution < -0.4 is 0 Å². The van der Waals surface area contributed by atoms with Crippen LogP contribution in [0.3, 0.4) is 0 Å². The fraction of sp³-hybridized carbons (Fsp3) is 0.667. The monoisotopic (exact) mass is 278 g/mol. The minimum absolute atomic E-state index is 0.209. The van der Waals surface area contributed by atoms with E-state index in [0.29, 0.717) is 11.5 Å². The molecule has 0 amide bonds. The van der Waals surface area contributed by atoms with Gasteiger partial charge in [-0.3, -0.25) is 0 Å². The molecule has 0 spiro atoms. The molecule has 2 heteroatoms. The normalized spacial score (nSPS) is 24.9. The standard InChI is InChI=1S/C18H27FO/c1-11(2)14-5-7-15(8-6-14)18(20)17-13(4)9-12(3)10-16(17)19/h9-11,14-15,18,20H,5-8H2,1-4H3. The Morgan fingerprint density at radius 2 is 1.60 bits per heavy atom. The zero-order chi connectivity index (χ0) is 14.9. The highest BCUT2D eigenvalue weighted by Crippen LogP contribution is 2.40. The second kappa shape index (κ2) is 6.26. The van der Waals surface area contributed by atoms with Gasteiger partial charge in [-0.2, -0.15) is 0 Å². The molecule has 1 aliphatic rings. The van der Waals surface area contributed by atoms with E-state index in [1.165, 1.54) is 6.07 Å². The van der Waals surface area contributed by atoms with E-state index in [4.69, 9.17) is 0 Å². The van der Waals surface area contributed by atoms with Crippen molar-refractivity contribution in [3.8, 4) is 0 Å². The molecular weight excluding hydrogens is 251 g/mol. The van der Waals surface area contributed by atoms with Crippen molar-refractivity contribution < 1.29 is 9.50 Å². The van der Waals surface area contributed by atoms with Crippen molar-refractivity contribution in [1.82, 2.24) is 0 Å². The molecule has 1 unspecified atom stereocenters. The first-order valence-corrected chi connectivity index (χ1v) is 7.84. The maximum Gasteiger partial charge on any atom is 0.129 e. The minimum Gasteiger partial charge on any atom is -0.388 e. The number of benzene rings is 1. The van der Waals surface area contributed by atoms with Gasteiger partial charge in [-0.25, -0.2) is 4.39 Å². The average Bonchev–Trinajstić information content (AvgIpc) is 2.37. The van der Waals surface area contributed by atoms with Crippen LogP contribution in [0.25, 0.3) is 0 Å². The fourth-order valence-corrected chi connectivity index (χ4v) is 3.66. The molecule has 1 saturated carbocycles. The molecule has 1 fully saturated rings. The summed E-state index contributed by atoms with van der Waals surface area (Å²) in [6.07, 6.45) is 3.69. The molecule has 0 saturated heterocycles.